The van der Waals surface area contributed by atoms with Gasteiger partial charge in [0.1, 0.15) is 5.75 Å². The van der Waals surface area contributed by atoms with Crippen LogP contribution < -0.4 is 10.2 Å². The Kier molecular flexibility index (Phi) is 6.18. The number of ether oxygens (including phenoxy) is 1. The maximum Gasteiger partial charge on any atom is 0.277 e. The van der Waals surface area contributed by atoms with Crippen LogP contribution in [0.2, 0.25) is 5.02 Å². The lowest BCUT2D eigenvalue weighted by atomic mass is 10.1. The lowest BCUT2D eigenvalue weighted by Crippen LogP contribution is -2.25. The highest BCUT2D eigenvalue weighted by Crippen LogP contribution is 2.21. The maximum absolute atomic E-state index is 11.8. The Morgan fingerprint density at radius 1 is 1.22 bits per heavy atom. The minimum Gasteiger partial charge on any atom is -0.483 e. The van der Waals surface area contributed by atoms with E-state index < -0.39 is 0 Å². The molecule has 0 saturated carbocycles. The number of hydrogen-bond acceptors (Lipinski definition) is 3. The highest BCUT2D eigenvalue weighted by molar-refractivity contribution is 6.30. The third kappa shape index (κ3) is 5.75. The van der Waals surface area contributed by atoms with Gasteiger partial charge in [0, 0.05) is 17.2 Å². The van der Waals surface area contributed by atoms with E-state index >= 15 is 0 Å². The van der Waals surface area contributed by atoms with Gasteiger partial charge in [-0.1, -0.05) is 41.9 Å². The number of carbonyl (C=O) groups is 1. The van der Waals surface area contributed by atoms with Gasteiger partial charge in [0.2, 0.25) is 0 Å². The summed E-state index contributed by atoms with van der Waals surface area (Å²) in [6.07, 6.45) is 0.693. The van der Waals surface area contributed by atoms with E-state index in [0.29, 0.717) is 17.2 Å². The summed E-state index contributed by atoms with van der Waals surface area (Å²) in [4.78, 5) is 11.8. The van der Waals surface area contributed by atoms with Gasteiger partial charge in [-0.25, -0.2) is 5.43 Å². The molecule has 0 aromatic heterocycles. The summed E-state index contributed by atoms with van der Waals surface area (Å²) in [5.74, 6) is 0.335. The zero-order chi connectivity index (χ0) is 16.7. The zero-order valence-electron chi connectivity index (χ0n) is 13.2. The number of halogens is 1. The lowest BCUT2D eigenvalue weighted by molar-refractivity contribution is -0.123. The third-order valence-corrected chi connectivity index (χ3v) is 3.41. The van der Waals surface area contributed by atoms with Crippen LogP contribution in [0.4, 0.5) is 0 Å². The molecule has 1 N–H and O–H groups in total. The Morgan fingerprint density at radius 2 is 1.96 bits per heavy atom. The molecule has 0 aliphatic rings. The normalized spacial score (nSPS) is 11.2. The Morgan fingerprint density at radius 3 is 2.65 bits per heavy atom. The second kappa shape index (κ2) is 8.34. The van der Waals surface area contributed by atoms with Gasteiger partial charge in [-0.3, -0.25) is 4.79 Å². The molecule has 4 nitrogen and oxygen atoms in total. The second-order valence-corrected chi connectivity index (χ2v) is 5.68. The first-order valence-electron chi connectivity index (χ1n) is 7.29. The van der Waals surface area contributed by atoms with E-state index in [1.54, 1.807) is 18.2 Å². The fraction of sp³-hybridized carbons (Fsp3) is 0.222. The highest BCUT2D eigenvalue weighted by Gasteiger charge is 2.05. The fourth-order valence-corrected chi connectivity index (χ4v) is 2.27. The molecule has 2 rings (SSSR count). The summed E-state index contributed by atoms with van der Waals surface area (Å²) >= 11 is 5.88. The van der Waals surface area contributed by atoms with Gasteiger partial charge in [-0.2, -0.15) is 5.10 Å². The van der Waals surface area contributed by atoms with E-state index in [-0.39, 0.29) is 12.5 Å². The number of benzene rings is 2. The standard InChI is InChI=1S/C18H19ClN2O2/c1-13-10-16(19)8-9-17(13)23-12-18(22)21-20-14(2)11-15-6-4-3-5-7-15/h3-10H,11-12H2,1-2H3,(H,21,22). The van der Waals surface area contributed by atoms with Crippen molar-refractivity contribution in [2.24, 2.45) is 5.10 Å². The van der Waals surface area contributed by atoms with Crippen LogP contribution in [0, 0.1) is 6.92 Å². The molecule has 0 fully saturated rings. The van der Waals surface area contributed by atoms with Crippen molar-refractivity contribution in [1.82, 2.24) is 5.43 Å². The SMILES string of the molecule is CC(Cc1ccccc1)=NNC(=O)COc1ccc(Cl)cc1C. The molecule has 120 valence electrons. The topological polar surface area (TPSA) is 50.7 Å². The molecule has 0 radical (unpaired) electrons. The van der Waals surface area contributed by atoms with Gasteiger partial charge in [-0.05, 0) is 43.2 Å². The quantitative estimate of drug-likeness (QED) is 0.647. The summed E-state index contributed by atoms with van der Waals surface area (Å²) < 4.78 is 5.46. The maximum atomic E-state index is 11.8. The minimum atomic E-state index is -0.299. The number of rotatable bonds is 6. The minimum absolute atomic E-state index is 0.0927. The summed E-state index contributed by atoms with van der Waals surface area (Å²) in [5, 5.41) is 4.72. The van der Waals surface area contributed by atoms with Crippen molar-refractivity contribution >= 4 is 23.2 Å². The molecule has 2 aromatic rings. The summed E-state index contributed by atoms with van der Waals surface area (Å²) in [5.41, 5.74) is 5.36. The van der Waals surface area contributed by atoms with Crippen molar-refractivity contribution in [3.63, 3.8) is 0 Å². The molecule has 0 atom stereocenters. The van der Waals surface area contributed by atoms with Crippen molar-refractivity contribution in [3.05, 3.63) is 64.7 Å². The van der Waals surface area contributed by atoms with Crippen LogP contribution in [-0.2, 0) is 11.2 Å². The molecule has 2 aromatic carbocycles. The number of nitrogens with zero attached hydrogens (tertiary/aromatic N) is 1. The molecule has 0 saturated heterocycles. The Labute approximate surface area is 141 Å². The average molecular weight is 331 g/mol. The van der Waals surface area contributed by atoms with Crippen LogP contribution >= 0.6 is 11.6 Å². The van der Waals surface area contributed by atoms with Crippen molar-refractivity contribution in [3.8, 4) is 5.75 Å². The van der Waals surface area contributed by atoms with Crippen LogP contribution in [0.3, 0.4) is 0 Å². The molecule has 0 aliphatic carbocycles. The number of aryl methyl sites for hydroxylation is 1. The Hall–Kier alpha value is -2.33. The molecular formula is C18H19ClN2O2. The average Bonchev–Trinajstić information content (AvgIpc) is 2.53. The van der Waals surface area contributed by atoms with E-state index in [2.05, 4.69) is 10.5 Å². The number of carbonyl (C=O) groups excluding carboxylic acids is 1. The van der Waals surface area contributed by atoms with E-state index in [1.807, 2.05) is 44.2 Å². The van der Waals surface area contributed by atoms with Gasteiger partial charge in [-0.15, -0.1) is 0 Å². The molecular weight excluding hydrogens is 312 g/mol. The Balaban J connectivity index is 1.81. The molecule has 0 bridgehead atoms. The van der Waals surface area contributed by atoms with Crippen LogP contribution in [0.5, 0.6) is 5.75 Å². The van der Waals surface area contributed by atoms with E-state index in [0.717, 1.165) is 16.8 Å². The summed E-state index contributed by atoms with van der Waals surface area (Å²) in [6.45, 7) is 3.66. The van der Waals surface area contributed by atoms with Crippen LogP contribution in [0.15, 0.2) is 53.6 Å². The molecule has 5 heteroatoms. The van der Waals surface area contributed by atoms with Crippen molar-refractivity contribution in [2.75, 3.05) is 6.61 Å². The van der Waals surface area contributed by atoms with E-state index in [4.69, 9.17) is 16.3 Å². The molecule has 0 unspecified atom stereocenters. The molecule has 0 spiro atoms. The predicted molar refractivity (Wildman–Crippen MR) is 93.1 cm³/mol. The van der Waals surface area contributed by atoms with E-state index in [9.17, 15) is 4.79 Å². The first-order chi connectivity index (χ1) is 11.0. The second-order valence-electron chi connectivity index (χ2n) is 5.24. The van der Waals surface area contributed by atoms with Gasteiger partial charge < -0.3 is 4.74 Å². The van der Waals surface area contributed by atoms with Gasteiger partial charge in [0.25, 0.3) is 5.91 Å². The smallest absolute Gasteiger partial charge is 0.277 e. The van der Waals surface area contributed by atoms with Gasteiger partial charge >= 0.3 is 0 Å². The van der Waals surface area contributed by atoms with Crippen molar-refractivity contribution in [2.45, 2.75) is 20.3 Å². The monoisotopic (exact) mass is 330 g/mol. The van der Waals surface area contributed by atoms with Crippen LogP contribution in [0.1, 0.15) is 18.1 Å². The molecule has 1 amide bonds. The molecule has 0 aliphatic heterocycles. The van der Waals surface area contributed by atoms with Gasteiger partial charge in [0.05, 0.1) is 0 Å². The Bertz CT molecular complexity index is 699. The first-order valence-corrected chi connectivity index (χ1v) is 7.67. The van der Waals surface area contributed by atoms with Crippen LogP contribution in [-0.4, -0.2) is 18.2 Å². The van der Waals surface area contributed by atoms with Crippen molar-refractivity contribution < 1.29 is 9.53 Å². The zero-order valence-corrected chi connectivity index (χ0v) is 13.9. The number of nitrogens with one attached hydrogen (secondary N) is 1. The number of hydrazone groups is 1. The van der Waals surface area contributed by atoms with Crippen LogP contribution in [0.25, 0.3) is 0 Å². The summed E-state index contributed by atoms with van der Waals surface area (Å²) in [7, 11) is 0. The lowest BCUT2D eigenvalue weighted by Gasteiger charge is -2.08. The highest BCUT2D eigenvalue weighted by atomic mass is 35.5. The number of amides is 1. The largest absolute Gasteiger partial charge is 0.483 e. The fourth-order valence-electron chi connectivity index (χ4n) is 2.04. The van der Waals surface area contributed by atoms with E-state index in [1.165, 1.54) is 0 Å². The summed E-state index contributed by atoms with van der Waals surface area (Å²) in [6, 6.07) is 15.2. The van der Waals surface area contributed by atoms with Gasteiger partial charge in [0.15, 0.2) is 6.61 Å². The number of hydrogen-bond donors (Lipinski definition) is 1. The molecule has 0 heterocycles. The van der Waals surface area contributed by atoms with Crippen molar-refractivity contribution in [1.29, 1.82) is 0 Å². The third-order valence-electron chi connectivity index (χ3n) is 3.17. The predicted octanol–water partition coefficient (Wildman–Crippen LogP) is 3.76. The first kappa shape index (κ1) is 17.0. The molecule has 23 heavy (non-hydrogen) atoms.